The number of halogens is 2. The monoisotopic (exact) mass is 310 g/mol. The normalized spacial score (nSPS) is 10.0. The predicted molar refractivity (Wildman–Crippen MR) is 71.3 cm³/mol. The summed E-state index contributed by atoms with van der Waals surface area (Å²) >= 11 is 9.19. The average molecular weight is 312 g/mol. The molecular weight excluding hydrogens is 304 g/mol. The smallest absolute Gasteiger partial charge is 0.255 e. The molecule has 0 saturated carbocycles. The molecule has 2 aromatic rings. The van der Waals surface area contributed by atoms with Crippen molar-refractivity contribution in [2.24, 2.45) is 0 Å². The lowest BCUT2D eigenvalue weighted by Crippen LogP contribution is -2.11. The summed E-state index contributed by atoms with van der Waals surface area (Å²) in [4.78, 5) is 15.8. The van der Waals surface area contributed by atoms with Crippen molar-refractivity contribution < 1.29 is 4.79 Å². The number of hydrogen-bond donors (Lipinski definition) is 1. The SMILES string of the molecule is O=C(Nc1cccnc1)c1ccc(Br)c(Cl)c1. The Hall–Kier alpha value is -1.39. The molecule has 1 aromatic carbocycles. The third kappa shape index (κ3) is 3.05. The van der Waals surface area contributed by atoms with E-state index in [9.17, 15) is 4.79 Å². The zero-order valence-electron chi connectivity index (χ0n) is 8.65. The van der Waals surface area contributed by atoms with Crippen LogP contribution in [0.15, 0.2) is 47.2 Å². The number of rotatable bonds is 2. The van der Waals surface area contributed by atoms with Crippen LogP contribution in [0.2, 0.25) is 5.02 Å². The van der Waals surface area contributed by atoms with E-state index >= 15 is 0 Å². The molecule has 1 amide bonds. The highest BCUT2D eigenvalue weighted by Crippen LogP contribution is 2.23. The third-order valence-electron chi connectivity index (χ3n) is 2.10. The van der Waals surface area contributed by atoms with Crippen LogP contribution < -0.4 is 5.32 Å². The predicted octanol–water partition coefficient (Wildman–Crippen LogP) is 3.75. The van der Waals surface area contributed by atoms with E-state index in [0.717, 1.165) is 4.47 Å². The zero-order valence-corrected chi connectivity index (χ0v) is 11.0. The van der Waals surface area contributed by atoms with Crippen LogP contribution in [0.25, 0.3) is 0 Å². The summed E-state index contributed by atoms with van der Waals surface area (Å²) in [6, 6.07) is 8.56. The van der Waals surface area contributed by atoms with E-state index in [4.69, 9.17) is 11.6 Å². The molecule has 0 aliphatic rings. The molecule has 1 aromatic heterocycles. The molecule has 2 rings (SSSR count). The maximum absolute atomic E-state index is 11.9. The fourth-order valence-electron chi connectivity index (χ4n) is 1.28. The maximum Gasteiger partial charge on any atom is 0.255 e. The van der Waals surface area contributed by atoms with Crippen LogP contribution in [-0.4, -0.2) is 10.9 Å². The minimum absolute atomic E-state index is 0.215. The van der Waals surface area contributed by atoms with Crippen molar-refractivity contribution in [1.29, 1.82) is 0 Å². The number of nitrogens with one attached hydrogen (secondary N) is 1. The molecule has 0 bridgehead atoms. The molecule has 0 atom stereocenters. The number of aromatic nitrogens is 1. The molecule has 5 heteroatoms. The van der Waals surface area contributed by atoms with Crippen LogP contribution in [0.5, 0.6) is 0 Å². The highest BCUT2D eigenvalue weighted by Gasteiger charge is 2.07. The fourth-order valence-corrected chi connectivity index (χ4v) is 1.70. The van der Waals surface area contributed by atoms with Crippen LogP contribution in [0, 0.1) is 0 Å². The summed E-state index contributed by atoms with van der Waals surface area (Å²) < 4.78 is 0.761. The van der Waals surface area contributed by atoms with Crippen LogP contribution in [0.4, 0.5) is 5.69 Å². The molecule has 86 valence electrons. The third-order valence-corrected chi connectivity index (χ3v) is 3.33. The van der Waals surface area contributed by atoms with Gasteiger partial charge in [0.25, 0.3) is 5.91 Å². The second-order valence-electron chi connectivity index (χ2n) is 3.32. The van der Waals surface area contributed by atoms with Crippen molar-refractivity contribution in [3.63, 3.8) is 0 Å². The topological polar surface area (TPSA) is 42.0 Å². The number of pyridine rings is 1. The fraction of sp³-hybridized carbons (Fsp3) is 0. The standard InChI is InChI=1S/C12H8BrClN2O/c13-10-4-3-8(6-11(10)14)12(17)16-9-2-1-5-15-7-9/h1-7H,(H,16,17). The van der Waals surface area contributed by atoms with Gasteiger partial charge in [0.2, 0.25) is 0 Å². The van der Waals surface area contributed by atoms with Gasteiger partial charge in [-0.1, -0.05) is 11.6 Å². The van der Waals surface area contributed by atoms with Gasteiger partial charge in [0.15, 0.2) is 0 Å². The first-order valence-electron chi connectivity index (χ1n) is 4.83. The van der Waals surface area contributed by atoms with Gasteiger partial charge in [-0.15, -0.1) is 0 Å². The summed E-state index contributed by atoms with van der Waals surface area (Å²) in [6.45, 7) is 0. The summed E-state index contributed by atoms with van der Waals surface area (Å²) in [5, 5.41) is 3.23. The molecule has 1 heterocycles. The maximum atomic E-state index is 11.9. The highest BCUT2D eigenvalue weighted by atomic mass is 79.9. The van der Waals surface area contributed by atoms with E-state index in [1.807, 2.05) is 0 Å². The Morgan fingerprint density at radius 2 is 2.18 bits per heavy atom. The molecular formula is C12H8BrClN2O. The lowest BCUT2D eigenvalue weighted by Gasteiger charge is -2.05. The van der Waals surface area contributed by atoms with Crippen LogP contribution in [-0.2, 0) is 0 Å². The van der Waals surface area contributed by atoms with Gasteiger partial charge in [0.05, 0.1) is 16.9 Å². The largest absolute Gasteiger partial charge is 0.321 e. The Morgan fingerprint density at radius 1 is 1.35 bits per heavy atom. The van der Waals surface area contributed by atoms with E-state index in [-0.39, 0.29) is 5.91 Å². The Morgan fingerprint density at radius 3 is 2.82 bits per heavy atom. The Bertz CT molecular complexity index is 545. The van der Waals surface area contributed by atoms with E-state index < -0.39 is 0 Å². The quantitative estimate of drug-likeness (QED) is 0.918. The molecule has 0 unspecified atom stereocenters. The number of anilines is 1. The molecule has 0 aliphatic heterocycles. The molecule has 0 spiro atoms. The second-order valence-corrected chi connectivity index (χ2v) is 4.59. The van der Waals surface area contributed by atoms with Crippen molar-refractivity contribution in [3.05, 3.63) is 57.8 Å². The van der Waals surface area contributed by atoms with Crippen molar-refractivity contribution in [2.75, 3.05) is 5.32 Å². The Kier molecular flexibility index (Phi) is 3.76. The number of amides is 1. The summed E-state index contributed by atoms with van der Waals surface area (Å²) in [7, 11) is 0. The van der Waals surface area contributed by atoms with Crippen LogP contribution in [0.3, 0.4) is 0 Å². The summed E-state index contributed by atoms with van der Waals surface area (Å²) in [5.74, 6) is -0.215. The van der Waals surface area contributed by atoms with Gasteiger partial charge in [-0.3, -0.25) is 9.78 Å². The molecule has 3 nitrogen and oxygen atoms in total. The zero-order chi connectivity index (χ0) is 12.3. The van der Waals surface area contributed by atoms with E-state index in [0.29, 0.717) is 16.3 Å². The van der Waals surface area contributed by atoms with Gasteiger partial charge in [0.1, 0.15) is 0 Å². The van der Waals surface area contributed by atoms with Crippen molar-refractivity contribution in [2.45, 2.75) is 0 Å². The van der Waals surface area contributed by atoms with Crippen LogP contribution >= 0.6 is 27.5 Å². The first-order chi connectivity index (χ1) is 8.16. The number of benzene rings is 1. The van der Waals surface area contributed by atoms with E-state index in [1.165, 1.54) is 0 Å². The second kappa shape index (κ2) is 5.29. The van der Waals surface area contributed by atoms with Crippen molar-refractivity contribution in [1.82, 2.24) is 4.98 Å². The van der Waals surface area contributed by atoms with E-state index in [2.05, 4.69) is 26.2 Å². The minimum Gasteiger partial charge on any atom is -0.321 e. The van der Waals surface area contributed by atoms with Gasteiger partial charge in [-0.2, -0.15) is 0 Å². The lowest BCUT2D eigenvalue weighted by atomic mass is 10.2. The molecule has 17 heavy (non-hydrogen) atoms. The number of nitrogens with zero attached hydrogens (tertiary/aromatic N) is 1. The molecule has 0 fully saturated rings. The van der Waals surface area contributed by atoms with Crippen LogP contribution in [0.1, 0.15) is 10.4 Å². The Labute approximate surface area is 112 Å². The molecule has 1 N–H and O–H groups in total. The number of carbonyl (C=O) groups excluding carboxylic acids is 1. The molecule has 0 radical (unpaired) electrons. The van der Waals surface area contributed by atoms with E-state index in [1.54, 1.807) is 42.7 Å². The first-order valence-corrected chi connectivity index (χ1v) is 6.00. The number of carbonyl (C=O) groups is 1. The Balaban J connectivity index is 2.18. The van der Waals surface area contributed by atoms with Gasteiger partial charge in [-0.25, -0.2) is 0 Å². The molecule has 0 aliphatic carbocycles. The summed E-state index contributed by atoms with van der Waals surface area (Å²) in [5.41, 5.74) is 1.15. The van der Waals surface area contributed by atoms with Gasteiger partial charge in [-0.05, 0) is 46.3 Å². The summed E-state index contributed by atoms with van der Waals surface area (Å²) in [6.07, 6.45) is 3.23. The van der Waals surface area contributed by atoms with Crippen molar-refractivity contribution in [3.8, 4) is 0 Å². The van der Waals surface area contributed by atoms with Gasteiger partial charge < -0.3 is 5.32 Å². The van der Waals surface area contributed by atoms with Gasteiger partial charge >= 0.3 is 0 Å². The van der Waals surface area contributed by atoms with Crippen molar-refractivity contribution >= 4 is 39.1 Å². The minimum atomic E-state index is -0.215. The first kappa shape index (κ1) is 12.1. The van der Waals surface area contributed by atoms with Gasteiger partial charge in [0, 0.05) is 16.2 Å². The lowest BCUT2D eigenvalue weighted by molar-refractivity contribution is 0.102. The highest BCUT2D eigenvalue weighted by molar-refractivity contribution is 9.10. The average Bonchev–Trinajstić information content (AvgIpc) is 2.34. The molecule has 0 saturated heterocycles. The number of hydrogen-bond acceptors (Lipinski definition) is 2.